The fourth-order valence-corrected chi connectivity index (χ4v) is 3.95. The van der Waals surface area contributed by atoms with Crippen molar-refractivity contribution in [2.75, 3.05) is 22.4 Å². The van der Waals surface area contributed by atoms with Crippen LogP contribution < -0.4 is 9.62 Å². The van der Waals surface area contributed by atoms with Crippen molar-refractivity contribution in [3.8, 4) is 10.6 Å². The Hall–Kier alpha value is -2.92. The average Bonchev–Trinajstić information content (AvgIpc) is 3.08. The number of nitrogens with one attached hydrogen (secondary N) is 1. The van der Waals surface area contributed by atoms with Crippen LogP contribution >= 0.6 is 11.3 Å². The number of halogens is 2. The molecule has 1 aromatic heterocycles. The van der Waals surface area contributed by atoms with Crippen LogP contribution in [0.2, 0.25) is 0 Å². The number of anilines is 2. The summed E-state index contributed by atoms with van der Waals surface area (Å²) in [7, 11) is -4.00. The van der Waals surface area contributed by atoms with Crippen LogP contribution in [0.25, 0.3) is 10.6 Å². The fourth-order valence-electron chi connectivity index (χ4n) is 2.32. The minimum atomic E-state index is -4.00. The molecule has 0 aliphatic heterocycles. The molecule has 0 spiro atoms. The highest BCUT2D eigenvalue weighted by atomic mass is 32.2. The lowest BCUT2D eigenvalue weighted by atomic mass is 10.2. The number of carbonyl (C=O) groups is 1. The van der Waals surface area contributed by atoms with Crippen molar-refractivity contribution in [3.63, 3.8) is 0 Å². The highest BCUT2D eigenvalue weighted by Gasteiger charge is 2.24. The molecule has 2 aromatic carbocycles. The standard InChI is InChI=1S/C17H14F2N4O3S2/c1-28(25,26)23(14-8-7-12(18)9-13(14)19)10-15(24)20-17-22-21-16(27-17)11-5-3-2-4-6-11/h2-9H,10H2,1H3,(H,20,22,24). The van der Waals surface area contributed by atoms with E-state index >= 15 is 0 Å². The third kappa shape index (κ3) is 4.67. The Kier molecular flexibility index (Phi) is 5.66. The van der Waals surface area contributed by atoms with Crippen molar-refractivity contribution in [1.82, 2.24) is 10.2 Å². The predicted molar refractivity (Wildman–Crippen MR) is 103 cm³/mol. The van der Waals surface area contributed by atoms with Crippen molar-refractivity contribution in [2.24, 2.45) is 0 Å². The molecule has 0 unspecified atom stereocenters. The van der Waals surface area contributed by atoms with Crippen LogP contribution in [-0.4, -0.2) is 37.3 Å². The second kappa shape index (κ2) is 7.98. The SMILES string of the molecule is CS(=O)(=O)N(CC(=O)Nc1nnc(-c2ccccc2)s1)c1ccc(F)cc1F. The molecular formula is C17H14F2N4O3S2. The van der Waals surface area contributed by atoms with E-state index in [2.05, 4.69) is 15.5 Å². The number of amides is 1. The first-order chi connectivity index (χ1) is 13.2. The van der Waals surface area contributed by atoms with Gasteiger partial charge in [0.05, 0.1) is 11.9 Å². The maximum atomic E-state index is 14.0. The monoisotopic (exact) mass is 424 g/mol. The minimum Gasteiger partial charge on any atom is -0.299 e. The third-order valence-electron chi connectivity index (χ3n) is 3.56. The van der Waals surface area contributed by atoms with Gasteiger partial charge in [-0.2, -0.15) is 0 Å². The molecule has 11 heteroatoms. The maximum Gasteiger partial charge on any atom is 0.246 e. The molecule has 1 heterocycles. The van der Waals surface area contributed by atoms with Crippen molar-refractivity contribution in [3.05, 3.63) is 60.2 Å². The number of hydrogen-bond donors (Lipinski definition) is 1. The second-order valence-electron chi connectivity index (χ2n) is 5.69. The largest absolute Gasteiger partial charge is 0.299 e. The average molecular weight is 424 g/mol. The Balaban J connectivity index is 1.77. The lowest BCUT2D eigenvalue weighted by molar-refractivity contribution is -0.114. The number of aromatic nitrogens is 2. The summed E-state index contributed by atoms with van der Waals surface area (Å²) in [6.45, 7) is -0.707. The van der Waals surface area contributed by atoms with Gasteiger partial charge in [-0.3, -0.25) is 14.4 Å². The smallest absolute Gasteiger partial charge is 0.246 e. The van der Waals surface area contributed by atoms with Gasteiger partial charge in [-0.15, -0.1) is 10.2 Å². The first-order valence-electron chi connectivity index (χ1n) is 7.85. The molecule has 0 fully saturated rings. The quantitative estimate of drug-likeness (QED) is 0.657. The highest BCUT2D eigenvalue weighted by molar-refractivity contribution is 7.92. The third-order valence-corrected chi connectivity index (χ3v) is 5.57. The Bertz CT molecular complexity index is 1100. The molecule has 7 nitrogen and oxygen atoms in total. The molecule has 0 aliphatic rings. The van der Waals surface area contributed by atoms with Gasteiger partial charge in [-0.05, 0) is 12.1 Å². The molecule has 146 valence electrons. The Labute approximate surface area is 163 Å². The molecule has 0 saturated heterocycles. The fraction of sp³-hybridized carbons (Fsp3) is 0.118. The Morgan fingerprint density at radius 2 is 1.86 bits per heavy atom. The zero-order valence-electron chi connectivity index (χ0n) is 14.5. The van der Waals surface area contributed by atoms with Crippen molar-refractivity contribution in [1.29, 1.82) is 0 Å². The molecule has 0 aliphatic carbocycles. The van der Waals surface area contributed by atoms with Crippen LogP contribution in [0, 0.1) is 11.6 Å². The normalized spacial score (nSPS) is 11.2. The van der Waals surface area contributed by atoms with Gasteiger partial charge in [0.25, 0.3) is 0 Å². The zero-order valence-corrected chi connectivity index (χ0v) is 16.1. The molecular weight excluding hydrogens is 410 g/mol. The summed E-state index contributed by atoms with van der Waals surface area (Å²) < 4.78 is 51.7. The minimum absolute atomic E-state index is 0.164. The molecule has 0 bridgehead atoms. The second-order valence-corrected chi connectivity index (χ2v) is 8.58. The van der Waals surface area contributed by atoms with Crippen molar-refractivity contribution in [2.45, 2.75) is 0 Å². The summed E-state index contributed by atoms with van der Waals surface area (Å²) in [5.41, 5.74) is 0.382. The van der Waals surface area contributed by atoms with Crippen LogP contribution in [0.15, 0.2) is 48.5 Å². The van der Waals surface area contributed by atoms with Gasteiger partial charge in [0.1, 0.15) is 23.2 Å². The van der Waals surface area contributed by atoms with E-state index in [9.17, 15) is 22.0 Å². The lowest BCUT2D eigenvalue weighted by Gasteiger charge is -2.22. The lowest BCUT2D eigenvalue weighted by Crippen LogP contribution is -2.38. The predicted octanol–water partition coefficient (Wildman–Crippen LogP) is 2.89. The number of hydrogen-bond acceptors (Lipinski definition) is 6. The topological polar surface area (TPSA) is 92.3 Å². The van der Waals surface area contributed by atoms with Gasteiger partial charge >= 0.3 is 0 Å². The van der Waals surface area contributed by atoms with Crippen LogP contribution in [0.5, 0.6) is 0 Å². The zero-order chi connectivity index (χ0) is 20.3. The number of rotatable bonds is 6. The summed E-state index contributed by atoms with van der Waals surface area (Å²) >= 11 is 1.10. The van der Waals surface area contributed by atoms with E-state index in [1.807, 2.05) is 30.3 Å². The van der Waals surface area contributed by atoms with Crippen LogP contribution in [0.4, 0.5) is 19.6 Å². The number of sulfonamides is 1. The van der Waals surface area contributed by atoms with E-state index in [1.54, 1.807) is 0 Å². The molecule has 1 N–H and O–H groups in total. The summed E-state index contributed by atoms with van der Waals surface area (Å²) in [4.78, 5) is 12.3. The number of carbonyl (C=O) groups excluding carboxylic acids is 1. The molecule has 1 amide bonds. The van der Waals surface area contributed by atoms with E-state index in [1.165, 1.54) is 0 Å². The summed E-state index contributed by atoms with van der Waals surface area (Å²) in [5.74, 6) is -2.70. The van der Waals surface area contributed by atoms with E-state index in [-0.39, 0.29) is 5.13 Å². The van der Waals surface area contributed by atoms with Crippen molar-refractivity contribution >= 4 is 38.1 Å². The Morgan fingerprint density at radius 1 is 1.14 bits per heavy atom. The van der Waals surface area contributed by atoms with E-state index in [0.29, 0.717) is 15.4 Å². The Morgan fingerprint density at radius 3 is 2.50 bits per heavy atom. The van der Waals surface area contributed by atoms with Gasteiger partial charge in [0.15, 0.2) is 0 Å². The van der Waals surface area contributed by atoms with Crippen LogP contribution in [-0.2, 0) is 14.8 Å². The molecule has 0 saturated carbocycles. The van der Waals surface area contributed by atoms with Crippen LogP contribution in [0.1, 0.15) is 0 Å². The van der Waals surface area contributed by atoms with Gasteiger partial charge in [-0.1, -0.05) is 41.7 Å². The first kappa shape index (κ1) is 19.8. The van der Waals surface area contributed by atoms with Crippen LogP contribution in [0.3, 0.4) is 0 Å². The summed E-state index contributed by atoms with van der Waals surface area (Å²) in [5, 5.41) is 11.0. The van der Waals surface area contributed by atoms with Gasteiger partial charge in [0.2, 0.25) is 21.1 Å². The first-order valence-corrected chi connectivity index (χ1v) is 10.5. The van der Waals surface area contributed by atoms with Crippen molar-refractivity contribution < 1.29 is 22.0 Å². The van der Waals surface area contributed by atoms with Gasteiger partial charge in [-0.25, -0.2) is 17.2 Å². The summed E-state index contributed by atoms with van der Waals surface area (Å²) in [6, 6.07) is 11.6. The molecule has 0 radical (unpaired) electrons. The van der Waals surface area contributed by atoms with E-state index < -0.39 is 39.8 Å². The summed E-state index contributed by atoms with van der Waals surface area (Å²) in [6.07, 6.45) is 0.821. The number of benzene rings is 2. The molecule has 3 rings (SSSR count). The maximum absolute atomic E-state index is 14.0. The van der Waals surface area contributed by atoms with E-state index in [0.717, 1.165) is 35.3 Å². The molecule has 3 aromatic rings. The molecule has 28 heavy (non-hydrogen) atoms. The number of nitrogens with zero attached hydrogens (tertiary/aromatic N) is 3. The molecule has 0 atom stereocenters. The van der Waals surface area contributed by atoms with E-state index in [4.69, 9.17) is 0 Å². The highest BCUT2D eigenvalue weighted by Crippen LogP contribution is 2.26. The van der Waals surface area contributed by atoms with Gasteiger partial charge in [0, 0.05) is 11.6 Å². The van der Waals surface area contributed by atoms with Gasteiger partial charge < -0.3 is 0 Å².